The van der Waals surface area contributed by atoms with E-state index in [4.69, 9.17) is 10.3 Å². The topological polar surface area (TPSA) is 91.2 Å². The molecule has 1 aromatic heterocycles. The smallest absolute Gasteiger partial charge is 0.322 e. The van der Waals surface area contributed by atoms with Crippen LogP contribution < -0.4 is 5.73 Å². The Morgan fingerprint density at radius 2 is 2.26 bits per heavy atom. The van der Waals surface area contributed by atoms with Gasteiger partial charge in [0.15, 0.2) is 5.82 Å². The maximum absolute atomic E-state index is 11.1. The molecule has 0 spiro atoms. The summed E-state index contributed by atoms with van der Waals surface area (Å²) < 4.78 is 9.69. The zero-order valence-corrected chi connectivity index (χ0v) is 12.4. The Morgan fingerprint density at radius 3 is 2.89 bits per heavy atom. The second kappa shape index (κ2) is 8.16. The molecule has 108 valence electrons. The number of esters is 1. The Labute approximate surface area is 117 Å². The van der Waals surface area contributed by atoms with Crippen LogP contribution in [0.1, 0.15) is 32.0 Å². The lowest BCUT2D eigenvalue weighted by atomic mass is 10.1. The highest BCUT2D eigenvalue weighted by Gasteiger charge is 2.13. The lowest BCUT2D eigenvalue weighted by Gasteiger charge is -2.07. The number of nitrogens with zero attached hydrogens (tertiary/aromatic N) is 2. The first-order chi connectivity index (χ1) is 9.02. The molecule has 0 aliphatic heterocycles. The molecule has 1 aromatic rings. The summed E-state index contributed by atoms with van der Waals surface area (Å²) in [6.07, 6.45) is 1.39. The molecule has 0 radical (unpaired) electrons. The van der Waals surface area contributed by atoms with Gasteiger partial charge in [-0.25, -0.2) is 0 Å². The van der Waals surface area contributed by atoms with Gasteiger partial charge in [0, 0.05) is 6.42 Å². The maximum Gasteiger partial charge on any atom is 0.322 e. The fraction of sp³-hybridized carbons (Fsp3) is 0.750. The van der Waals surface area contributed by atoms with Crippen LogP contribution in [0.3, 0.4) is 0 Å². The van der Waals surface area contributed by atoms with Gasteiger partial charge in [-0.15, -0.1) is 0 Å². The Bertz CT molecular complexity index is 395. The molecule has 0 aliphatic carbocycles. The highest BCUT2D eigenvalue weighted by Crippen LogP contribution is 2.13. The Hall–Kier alpha value is -1.08. The summed E-state index contributed by atoms with van der Waals surface area (Å²) in [6, 6.07) is -0.559. The van der Waals surface area contributed by atoms with E-state index in [0.29, 0.717) is 24.0 Å². The average Bonchev–Trinajstić information content (AvgIpc) is 2.80. The van der Waals surface area contributed by atoms with Gasteiger partial charge in [-0.1, -0.05) is 19.0 Å². The minimum absolute atomic E-state index is 0.377. The molecule has 0 saturated heterocycles. The fourth-order valence-corrected chi connectivity index (χ4v) is 2.29. The molecule has 0 fully saturated rings. The average molecular weight is 287 g/mol. The lowest BCUT2D eigenvalue weighted by Crippen LogP contribution is -2.31. The molecule has 1 heterocycles. The monoisotopic (exact) mass is 287 g/mol. The lowest BCUT2D eigenvalue weighted by molar-refractivity contribution is -0.142. The van der Waals surface area contributed by atoms with Crippen molar-refractivity contribution in [1.82, 2.24) is 10.1 Å². The van der Waals surface area contributed by atoms with Crippen molar-refractivity contribution in [2.24, 2.45) is 11.7 Å². The molecule has 0 bridgehead atoms. The first kappa shape index (κ1) is 16.0. The molecule has 1 atom stereocenters. The third-order valence-corrected chi connectivity index (χ3v) is 3.38. The summed E-state index contributed by atoms with van der Waals surface area (Å²) in [5.41, 5.74) is 5.63. The van der Waals surface area contributed by atoms with E-state index in [9.17, 15) is 4.79 Å². The third-order valence-electron chi connectivity index (χ3n) is 2.40. The van der Waals surface area contributed by atoms with Gasteiger partial charge in [0.05, 0.1) is 12.9 Å². The quantitative estimate of drug-likeness (QED) is 0.570. The molecule has 19 heavy (non-hydrogen) atoms. The molecule has 6 nitrogen and oxygen atoms in total. The van der Waals surface area contributed by atoms with E-state index in [1.807, 2.05) is 0 Å². The van der Waals surface area contributed by atoms with Crippen molar-refractivity contribution in [3.05, 3.63) is 11.7 Å². The Morgan fingerprint density at radius 1 is 1.53 bits per heavy atom. The van der Waals surface area contributed by atoms with Gasteiger partial charge in [0.25, 0.3) is 0 Å². The molecular formula is C12H21N3O3S. The number of rotatable bonds is 8. The summed E-state index contributed by atoms with van der Waals surface area (Å²) in [5.74, 6) is 2.88. The third kappa shape index (κ3) is 6.07. The second-order valence-corrected chi connectivity index (χ2v) is 5.78. The normalized spacial score (nSPS) is 12.7. The van der Waals surface area contributed by atoms with Gasteiger partial charge in [-0.05, 0) is 18.1 Å². The largest absolute Gasteiger partial charge is 0.468 e. The number of carbonyl (C=O) groups is 1. The fourth-order valence-electron chi connectivity index (χ4n) is 1.44. The van der Waals surface area contributed by atoms with E-state index in [1.54, 1.807) is 11.8 Å². The van der Waals surface area contributed by atoms with E-state index in [-0.39, 0.29) is 5.97 Å². The SMILES string of the molecule is COC(=O)C(N)CCSCc1nc(CC(C)C)no1. The van der Waals surface area contributed by atoms with Crippen molar-refractivity contribution < 1.29 is 14.1 Å². The molecule has 1 unspecified atom stereocenters. The van der Waals surface area contributed by atoms with Gasteiger partial charge in [-0.3, -0.25) is 4.79 Å². The van der Waals surface area contributed by atoms with E-state index in [2.05, 4.69) is 28.7 Å². The highest BCUT2D eigenvalue weighted by atomic mass is 32.2. The number of aromatic nitrogens is 2. The number of methoxy groups -OCH3 is 1. The molecule has 0 saturated carbocycles. The first-order valence-electron chi connectivity index (χ1n) is 6.25. The van der Waals surface area contributed by atoms with Crippen LogP contribution in [0, 0.1) is 5.92 Å². The zero-order chi connectivity index (χ0) is 14.3. The standard InChI is InChI=1S/C12H21N3O3S/c1-8(2)6-10-14-11(18-15-10)7-19-5-4-9(13)12(16)17-3/h8-9H,4-7,13H2,1-3H3. The van der Waals surface area contributed by atoms with Gasteiger partial charge in [0.1, 0.15) is 6.04 Å². The molecule has 2 N–H and O–H groups in total. The van der Waals surface area contributed by atoms with E-state index in [0.717, 1.165) is 18.0 Å². The van der Waals surface area contributed by atoms with Crippen LogP contribution in [0.5, 0.6) is 0 Å². The van der Waals surface area contributed by atoms with E-state index < -0.39 is 6.04 Å². The highest BCUT2D eigenvalue weighted by molar-refractivity contribution is 7.98. The Kier molecular flexibility index (Phi) is 6.86. The predicted octanol–water partition coefficient (Wildman–Crippen LogP) is 1.39. The summed E-state index contributed by atoms with van der Waals surface area (Å²) in [4.78, 5) is 15.4. The molecule has 0 aromatic carbocycles. The number of hydrogen-bond acceptors (Lipinski definition) is 7. The number of hydrogen-bond donors (Lipinski definition) is 1. The minimum Gasteiger partial charge on any atom is -0.468 e. The molecule has 1 rings (SSSR count). The predicted molar refractivity (Wildman–Crippen MR) is 73.6 cm³/mol. The Balaban J connectivity index is 2.22. The van der Waals surface area contributed by atoms with Gasteiger partial charge >= 0.3 is 5.97 Å². The number of nitrogens with two attached hydrogens (primary N) is 1. The number of thioether (sulfide) groups is 1. The van der Waals surface area contributed by atoms with Crippen LogP contribution in [0.2, 0.25) is 0 Å². The summed E-state index contributed by atoms with van der Waals surface area (Å²) in [7, 11) is 1.34. The van der Waals surface area contributed by atoms with Crippen molar-refractivity contribution in [3.8, 4) is 0 Å². The van der Waals surface area contributed by atoms with Crippen LogP contribution in [-0.2, 0) is 21.7 Å². The minimum atomic E-state index is -0.559. The van der Waals surface area contributed by atoms with Crippen LogP contribution in [-0.4, -0.2) is 35.0 Å². The molecule has 0 amide bonds. The summed E-state index contributed by atoms with van der Waals surface area (Å²) in [5, 5.41) is 3.91. The van der Waals surface area contributed by atoms with Gasteiger partial charge < -0.3 is 15.0 Å². The second-order valence-electron chi connectivity index (χ2n) is 4.67. The first-order valence-corrected chi connectivity index (χ1v) is 7.41. The van der Waals surface area contributed by atoms with Crippen LogP contribution in [0.15, 0.2) is 4.52 Å². The van der Waals surface area contributed by atoms with Crippen molar-refractivity contribution in [3.63, 3.8) is 0 Å². The van der Waals surface area contributed by atoms with Gasteiger partial charge in [-0.2, -0.15) is 16.7 Å². The van der Waals surface area contributed by atoms with Crippen molar-refractivity contribution in [1.29, 1.82) is 0 Å². The van der Waals surface area contributed by atoms with Crippen LogP contribution in [0.25, 0.3) is 0 Å². The van der Waals surface area contributed by atoms with Crippen LogP contribution >= 0.6 is 11.8 Å². The number of ether oxygens (including phenoxy) is 1. The summed E-state index contributed by atoms with van der Waals surface area (Å²) >= 11 is 1.61. The van der Waals surface area contributed by atoms with Crippen molar-refractivity contribution >= 4 is 17.7 Å². The number of carbonyl (C=O) groups excluding carboxylic acids is 1. The zero-order valence-electron chi connectivity index (χ0n) is 11.6. The van der Waals surface area contributed by atoms with Crippen LogP contribution in [0.4, 0.5) is 0 Å². The summed E-state index contributed by atoms with van der Waals surface area (Å²) in [6.45, 7) is 4.22. The maximum atomic E-state index is 11.1. The molecular weight excluding hydrogens is 266 g/mol. The van der Waals surface area contributed by atoms with Gasteiger partial charge in [0.2, 0.25) is 5.89 Å². The van der Waals surface area contributed by atoms with E-state index in [1.165, 1.54) is 7.11 Å². The van der Waals surface area contributed by atoms with Crippen molar-refractivity contribution in [2.75, 3.05) is 12.9 Å². The molecule has 7 heteroatoms. The van der Waals surface area contributed by atoms with E-state index >= 15 is 0 Å². The molecule has 0 aliphatic rings. The van der Waals surface area contributed by atoms with Crippen molar-refractivity contribution in [2.45, 2.75) is 38.5 Å².